The highest BCUT2D eigenvalue weighted by molar-refractivity contribution is 7.99. The fourth-order valence-electron chi connectivity index (χ4n) is 2.83. The molecule has 9 heteroatoms. The Morgan fingerprint density at radius 2 is 1.93 bits per heavy atom. The maximum atomic E-state index is 13.1. The van der Waals surface area contributed by atoms with E-state index in [9.17, 15) is 18.0 Å². The second kappa shape index (κ2) is 8.00. The molecule has 2 aromatic heterocycles. The second-order valence-electron chi connectivity index (χ2n) is 6.16. The van der Waals surface area contributed by atoms with Gasteiger partial charge in [0.15, 0.2) is 0 Å². The Bertz CT molecular complexity index is 1190. The minimum Gasteiger partial charge on any atom is -0.351 e. The molecule has 4 rings (SSSR count). The number of nitrogens with one attached hydrogen (secondary N) is 1. The number of halogens is 3. The van der Waals surface area contributed by atoms with Crippen molar-refractivity contribution in [2.24, 2.45) is 0 Å². The van der Waals surface area contributed by atoms with Crippen LogP contribution >= 0.6 is 23.1 Å². The number of hydrogen-bond donors (Lipinski definition) is 1. The summed E-state index contributed by atoms with van der Waals surface area (Å²) in [5, 5.41) is 3.47. The van der Waals surface area contributed by atoms with Crippen LogP contribution in [0.3, 0.4) is 0 Å². The van der Waals surface area contributed by atoms with Gasteiger partial charge in [0, 0.05) is 28.1 Å². The van der Waals surface area contributed by atoms with Crippen molar-refractivity contribution < 1.29 is 18.0 Å². The molecule has 0 unspecified atom stereocenters. The summed E-state index contributed by atoms with van der Waals surface area (Å²) in [7, 11) is 0. The van der Waals surface area contributed by atoms with Gasteiger partial charge in [-0.2, -0.15) is 13.2 Å². The number of alkyl halides is 3. The molecule has 4 nitrogen and oxygen atoms in total. The third-order valence-electron chi connectivity index (χ3n) is 4.21. The van der Waals surface area contributed by atoms with E-state index in [2.05, 4.69) is 15.3 Å². The van der Waals surface area contributed by atoms with Crippen molar-refractivity contribution in [1.82, 2.24) is 15.3 Å². The number of hydrogen-bond acceptors (Lipinski definition) is 5. The Kier molecular flexibility index (Phi) is 5.42. The monoisotopic (exact) mass is 433 g/mol. The molecule has 1 N–H and O–H groups in total. The van der Waals surface area contributed by atoms with Crippen LogP contribution in [-0.4, -0.2) is 28.2 Å². The van der Waals surface area contributed by atoms with Crippen LogP contribution < -0.4 is 5.32 Å². The number of thiazole rings is 1. The van der Waals surface area contributed by atoms with Crippen molar-refractivity contribution >= 4 is 50.1 Å². The van der Waals surface area contributed by atoms with Crippen molar-refractivity contribution in [2.45, 2.75) is 11.1 Å². The first-order chi connectivity index (χ1) is 13.9. The van der Waals surface area contributed by atoms with Crippen LogP contribution in [0.4, 0.5) is 13.2 Å². The Morgan fingerprint density at radius 3 is 2.76 bits per heavy atom. The fraction of sp³-hybridized carbons (Fsp3) is 0.150. The van der Waals surface area contributed by atoms with Crippen LogP contribution in [-0.2, 0) is 6.18 Å². The molecule has 148 valence electrons. The molecule has 29 heavy (non-hydrogen) atoms. The molecule has 0 saturated heterocycles. The van der Waals surface area contributed by atoms with Gasteiger partial charge in [0.05, 0.1) is 21.2 Å². The number of benzene rings is 2. The van der Waals surface area contributed by atoms with Gasteiger partial charge in [-0.1, -0.05) is 18.2 Å². The minimum absolute atomic E-state index is 0.225. The molecule has 2 aromatic carbocycles. The molecule has 0 aliphatic rings. The highest BCUT2D eigenvalue weighted by atomic mass is 32.2. The molecular weight excluding hydrogens is 419 g/mol. The molecule has 0 saturated carbocycles. The van der Waals surface area contributed by atoms with Crippen LogP contribution in [0.1, 0.15) is 16.1 Å². The van der Waals surface area contributed by atoms with Gasteiger partial charge >= 0.3 is 6.18 Å². The van der Waals surface area contributed by atoms with Gasteiger partial charge in [0.2, 0.25) is 0 Å². The van der Waals surface area contributed by atoms with E-state index in [1.54, 1.807) is 48.0 Å². The lowest BCUT2D eigenvalue weighted by Gasteiger charge is -2.12. The van der Waals surface area contributed by atoms with E-state index in [0.29, 0.717) is 33.7 Å². The van der Waals surface area contributed by atoms with Gasteiger partial charge in [-0.25, -0.2) is 9.97 Å². The van der Waals surface area contributed by atoms with Crippen LogP contribution in [0.5, 0.6) is 0 Å². The van der Waals surface area contributed by atoms with E-state index in [1.165, 1.54) is 23.1 Å². The molecule has 0 bridgehead atoms. The van der Waals surface area contributed by atoms with Gasteiger partial charge in [-0.15, -0.1) is 23.1 Å². The number of carbonyl (C=O) groups excluding carboxylic acids is 1. The number of carbonyl (C=O) groups is 1. The van der Waals surface area contributed by atoms with Gasteiger partial charge in [0.1, 0.15) is 5.69 Å². The van der Waals surface area contributed by atoms with Crippen molar-refractivity contribution in [2.75, 3.05) is 12.3 Å². The Hall–Kier alpha value is -2.65. The number of fused-ring (bicyclic) bond motifs is 2. The normalized spacial score (nSPS) is 11.8. The lowest BCUT2D eigenvalue weighted by atomic mass is 10.2. The Balaban J connectivity index is 1.43. The van der Waals surface area contributed by atoms with Crippen molar-refractivity contribution in [3.05, 3.63) is 65.3 Å². The number of thioether (sulfide) groups is 1. The number of aromatic nitrogens is 2. The summed E-state index contributed by atoms with van der Waals surface area (Å²) >= 11 is 2.71. The standard InChI is InChI=1S/C20H14F3N3OS2/c21-20(22,23)18-10-16(13-3-1-2-4-14(13)26-18)28-8-7-24-19(27)12-5-6-15-17(9-12)29-11-25-15/h1-6,9-11H,7-8H2,(H,24,27). The average Bonchev–Trinajstić information content (AvgIpc) is 3.18. The highest BCUT2D eigenvalue weighted by Crippen LogP contribution is 2.34. The van der Waals surface area contributed by atoms with Crippen LogP contribution in [0.15, 0.2) is 58.9 Å². The number of rotatable bonds is 5. The zero-order chi connectivity index (χ0) is 20.4. The number of nitrogens with zero attached hydrogens (tertiary/aromatic N) is 2. The summed E-state index contributed by atoms with van der Waals surface area (Å²) in [5.41, 5.74) is 2.47. The molecular formula is C20H14F3N3OS2. The SMILES string of the molecule is O=C(NCCSc1cc(C(F)(F)F)nc2ccccc12)c1ccc2ncsc2c1. The summed E-state index contributed by atoms with van der Waals surface area (Å²) < 4.78 is 40.3. The van der Waals surface area contributed by atoms with Gasteiger partial charge in [-0.05, 0) is 30.3 Å². The summed E-state index contributed by atoms with van der Waals surface area (Å²) in [5.74, 6) is 0.205. The first kappa shape index (κ1) is 19.7. The Labute approximate surface area is 172 Å². The summed E-state index contributed by atoms with van der Waals surface area (Å²) in [4.78, 5) is 20.7. The third kappa shape index (κ3) is 4.35. The first-order valence-corrected chi connectivity index (χ1v) is 10.5. The minimum atomic E-state index is -4.51. The van der Waals surface area contributed by atoms with Crippen molar-refractivity contribution in [1.29, 1.82) is 0 Å². The molecule has 0 aliphatic heterocycles. The summed E-state index contributed by atoms with van der Waals surface area (Å²) in [6.07, 6.45) is -4.51. The lowest BCUT2D eigenvalue weighted by molar-refractivity contribution is -0.141. The fourth-order valence-corrected chi connectivity index (χ4v) is 4.50. The van der Waals surface area contributed by atoms with Crippen molar-refractivity contribution in [3.63, 3.8) is 0 Å². The van der Waals surface area contributed by atoms with E-state index in [4.69, 9.17) is 0 Å². The van der Waals surface area contributed by atoms with Crippen LogP contribution in [0.25, 0.3) is 21.1 Å². The summed E-state index contributed by atoms with van der Waals surface area (Å²) in [6, 6.07) is 13.1. The maximum absolute atomic E-state index is 13.1. The molecule has 0 fully saturated rings. The van der Waals surface area contributed by atoms with E-state index in [-0.39, 0.29) is 5.91 Å². The topological polar surface area (TPSA) is 54.9 Å². The van der Waals surface area contributed by atoms with Gasteiger partial charge < -0.3 is 5.32 Å². The zero-order valence-corrected chi connectivity index (χ0v) is 16.5. The Morgan fingerprint density at radius 1 is 1.10 bits per heavy atom. The third-order valence-corrected chi connectivity index (χ3v) is 6.06. The van der Waals surface area contributed by atoms with Gasteiger partial charge in [0.25, 0.3) is 5.91 Å². The molecule has 1 amide bonds. The van der Waals surface area contributed by atoms with Crippen LogP contribution in [0, 0.1) is 0 Å². The number of pyridine rings is 1. The average molecular weight is 433 g/mol. The van der Waals surface area contributed by atoms with E-state index < -0.39 is 11.9 Å². The highest BCUT2D eigenvalue weighted by Gasteiger charge is 2.33. The predicted molar refractivity (Wildman–Crippen MR) is 109 cm³/mol. The van der Waals surface area contributed by atoms with E-state index in [0.717, 1.165) is 16.3 Å². The van der Waals surface area contributed by atoms with Gasteiger partial charge in [-0.3, -0.25) is 4.79 Å². The molecule has 4 aromatic rings. The summed E-state index contributed by atoms with van der Waals surface area (Å²) in [6.45, 7) is 0.322. The van der Waals surface area contributed by atoms with E-state index >= 15 is 0 Å². The van der Waals surface area contributed by atoms with Crippen molar-refractivity contribution in [3.8, 4) is 0 Å². The molecule has 0 aliphatic carbocycles. The lowest BCUT2D eigenvalue weighted by Crippen LogP contribution is -2.25. The number of amides is 1. The zero-order valence-electron chi connectivity index (χ0n) is 14.9. The smallest absolute Gasteiger partial charge is 0.351 e. The van der Waals surface area contributed by atoms with E-state index in [1.807, 2.05) is 0 Å². The molecule has 2 heterocycles. The molecule has 0 atom stereocenters. The van der Waals surface area contributed by atoms with Crippen LogP contribution in [0.2, 0.25) is 0 Å². The first-order valence-electron chi connectivity index (χ1n) is 8.63. The quantitative estimate of drug-likeness (QED) is 0.339. The largest absolute Gasteiger partial charge is 0.433 e. The second-order valence-corrected chi connectivity index (χ2v) is 8.18. The molecule has 0 radical (unpaired) electrons. The maximum Gasteiger partial charge on any atom is 0.433 e. The predicted octanol–water partition coefficient (Wildman–Crippen LogP) is 5.39. The number of para-hydroxylation sites is 1. The molecule has 0 spiro atoms.